The van der Waals surface area contributed by atoms with Crippen molar-refractivity contribution in [2.45, 2.75) is 103 Å². The molecule has 0 bridgehead atoms. The van der Waals surface area contributed by atoms with Gasteiger partial charge in [0.1, 0.15) is 6.04 Å². The number of carbonyl (C=O) groups is 2. The van der Waals surface area contributed by atoms with E-state index in [-0.39, 0.29) is 12.8 Å². The van der Waals surface area contributed by atoms with Gasteiger partial charge in [-0.05, 0) is 19.3 Å². The third-order valence-corrected chi connectivity index (χ3v) is 4.20. The van der Waals surface area contributed by atoms with Crippen LogP contribution in [-0.2, 0) is 14.3 Å². The molecular weight excluding hydrogens is 306 g/mol. The summed E-state index contributed by atoms with van der Waals surface area (Å²) in [4.78, 5) is 21.8. The van der Waals surface area contributed by atoms with Gasteiger partial charge in [-0.15, -0.1) is 0 Å². The Morgan fingerprint density at radius 3 is 1.79 bits per heavy atom. The van der Waals surface area contributed by atoms with Gasteiger partial charge in [0, 0.05) is 5.97 Å². The lowest BCUT2D eigenvalue weighted by atomic mass is 10.1. The van der Waals surface area contributed by atoms with Crippen molar-refractivity contribution in [3.8, 4) is 0 Å². The molecule has 0 unspecified atom stereocenters. The molecule has 0 aromatic heterocycles. The van der Waals surface area contributed by atoms with Crippen LogP contribution >= 0.6 is 0 Å². The van der Waals surface area contributed by atoms with E-state index in [4.69, 9.17) is 10.5 Å². The molecule has 0 amide bonds. The van der Waals surface area contributed by atoms with Gasteiger partial charge in [0.05, 0.1) is 6.61 Å². The lowest BCUT2D eigenvalue weighted by Crippen LogP contribution is -2.34. The zero-order valence-electron chi connectivity index (χ0n) is 15.4. The summed E-state index contributed by atoms with van der Waals surface area (Å²) in [5.41, 5.74) is 5.55. The average Bonchev–Trinajstić information content (AvgIpc) is 2.56. The van der Waals surface area contributed by atoms with Crippen molar-refractivity contribution >= 4 is 11.9 Å². The highest BCUT2D eigenvalue weighted by Crippen LogP contribution is 2.12. The SMILES string of the molecule is CCCCCCCCCCCCCCOC(=O)[C@@H](N)CCC(=O)[O-]. The van der Waals surface area contributed by atoms with Gasteiger partial charge >= 0.3 is 5.97 Å². The molecule has 0 aromatic rings. The molecule has 0 aliphatic rings. The first kappa shape index (κ1) is 22.9. The summed E-state index contributed by atoms with van der Waals surface area (Å²) in [6, 6.07) is -0.861. The number of rotatable bonds is 17. The van der Waals surface area contributed by atoms with Crippen LogP contribution in [0.4, 0.5) is 0 Å². The van der Waals surface area contributed by atoms with Gasteiger partial charge in [0.2, 0.25) is 0 Å². The number of carboxylic acids is 1. The molecule has 0 rings (SSSR count). The van der Waals surface area contributed by atoms with Crippen LogP contribution in [-0.4, -0.2) is 24.6 Å². The molecule has 24 heavy (non-hydrogen) atoms. The molecule has 1 atom stereocenters. The molecule has 5 nitrogen and oxygen atoms in total. The highest BCUT2D eigenvalue weighted by atomic mass is 16.5. The molecule has 0 aliphatic carbocycles. The molecule has 0 fully saturated rings. The van der Waals surface area contributed by atoms with E-state index in [0.29, 0.717) is 6.61 Å². The lowest BCUT2D eigenvalue weighted by Gasteiger charge is -2.11. The van der Waals surface area contributed by atoms with Crippen molar-refractivity contribution in [2.24, 2.45) is 5.73 Å². The predicted octanol–water partition coefficient (Wildman–Crippen LogP) is 3.09. The number of nitrogens with two attached hydrogens (primary N) is 1. The highest BCUT2D eigenvalue weighted by Gasteiger charge is 2.14. The minimum absolute atomic E-state index is 0.0691. The Hall–Kier alpha value is -1.10. The highest BCUT2D eigenvalue weighted by molar-refractivity contribution is 5.76. The molecule has 0 heterocycles. The first-order valence-corrected chi connectivity index (χ1v) is 9.70. The minimum atomic E-state index is -1.20. The summed E-state index contributed by atoms with van der Waals surface area (Å²) in [5.74, 6) is -1.71. The topological polar surface area (TPSA) is 92.5 Å². The molecule has 5 heteroatoms. The zero-order chi connectivity index (χ0) is 18.0. The molecule has 0 saturated carbocycles. The van der Waals surface area contributed by atoms with Crippen LogP contribution in [0.25, 0.3) is 0 Å². The Morgan fingerprint density at radius 1 is 0.875 bits per heavy atom. The Morgan fingerprint density at radius 2 is 1.33 bits per heavy atom. The van der Waals surface area contributed by atoms with E-state index in [2.05, 4.69) is 6.92 Å². The fourth-order valence-electron chi connectivity index (χ4n) is 2.61. The van der Waals surface area contributed by atoms with Gasteiger partial charge in [-0.2, -0.15) is 0 Å². The van der Waals surface area contributed by atoms with Crippen LogP contribution in [0.3, 0.4) is 0 Å². The normalized spacial score (nSPS) is 12.1. The molecule has 0 spiro atoms. The van der Waals surface area contributed by atoms with E-state index in [1.54, 1.807) is 0 Å². The molecule has 0 aliphatic heterocycles. The number of carboxylic acid groups (broad SMARTS) is 1. The molecule has 2 N–H and O–H groups in total. The maximum Gasteiger partial charge on any atom is 0.322 e. The fraction of sp³-hybridized carbons (Fsp3) is 0.895. The number of carbonyl (C=O) groups excluding carboxylic acids is 2. The fourth-order valence-corrected chi connectivity index (χ4v) is 2.61. The van der Waals surface area contributed by atoms with E-state index in [1.807, 2.05) is 0 Å². The van der Waals surface area contributed by atoms with E-state index < -0.39 is 18.0 Å². The van der Waals surface area contributed by atoms with Crippen molar-refractivity contribution in [1.29, 1.82) is 0 Å². The van der Waals surface area contributed by atoms with Gasteiger partial charge in [-0.1, -0.05) is 77.6 Å². The minimum Gasteiger partial charge on any atom is -0.550 e. The largest absolute Gasteiger partial charge is 0.550 e. The summed E-state index contributed by atoms with van der Waals surface area (Å²) in [5, 5.41) is 10.3. The third-order valence-electron chi connectivity index (χ3n) is 4.20. The van der Waals surface area contributed by atoms with Crippen molar-refractivity contribution in [2.75, 3.05) is 6.61 Å². The second kappa shape index (κ2) is 16.7. The van der Waals surface area contributed by atoms with Crippen LogP contribution in [0.1, 0.15) is 96.8 Å². The van der Waals surface area contributed by atoms with Crippen molar-refractivity contribution in [3.63, 3.8) is 0 Å². The quantitative estimate of drug-likeness (QED) is 0.324. The molecule has 0 radical (unpaired) electrons. The smallest absolute Gasteiger partial charge is 0.322 e. The van der Waals surface area contributed by atoms with Crippen LogP contribution in [0, 0.1) is 0 Å². The number of aliphatic carboxylic acids is 1. The Bertz CT molecular complexity index is 320. The van der Waals surface area contributed by atoms with Crippen LogP contribution in [0.2, 0.25) is 0 Å². The Balaban J connectivity index is 3.27. The summed E-state index contributed by atoms with van der Waals surface area (Å²) in [6.45, 7) is 2.61. The number of unbranched alkanes of at least 4 members (excludes halogenated alkanes) is 11. The van der Waals surface area contributed by atoms with Gasteiger partial charge in [0.15, 0.2) is 0 Å². The number of esters is 1. The second-order valence-corrected chi connectivity index (χ2v) is 6.57. The van der Waals surface area contributed by atoms with Gasteiger partial charge < -0.3 is 20.4 Å². The molecule has 142 valence electrons. The average molecular weight is 343 g/mol. The van der Waals surface area contributed by atoms with Crippen LogP contribution < -0.4 is 10.8 Å². The number of ether oxygens (including phenoxy) is 1. The summed E-state index contributed by atoms with van der Waals surface area (Å²) in [6.07, 6.45) is 14.9. The van der Waals surface area contributed by atoms with Crippen molar-refractivity contribution in [1.82, 2.24) is 0 Å². The summed E-state index contributed by atoms with van der Waals surface area (Å²) in [7, 11) is 0. The molecular formula is C19H36NO4-. The van der Waals surface area contributed by atoms with E-state index in [1.165, 1.54) is 64.2 Å². The standard InChI is InChI=1S/C19H37NO4/c1-2-3-4-5-6-7-8-9-10-11-12-13-16-24-19(23)17(20)14-15-18(21)22/h17H,2-16,20H2,1H3,(H,21,22)/p-1/t17-/m0/s1. The zero-order valence-corrected chi connectivity index (χ0v) is 15.4. The number of hydrogen-bond acceptors (Lipinski definition) is 5. The second-order valence-electron chi connectivity index (χ2n) is 6.57. The van der Waals surface area contributed by atoms with Crippen LogP contribution in [0.15, 0.2) is 0 Å². The molecule has 0 saturated heterocycles. The Kier molecular flexibility index (Phi) is 16.0. The summed E-state index contributed by atoms with van der Waals surface area (Å²) < 4.78 is 5.05. The van der Waals surface area contributed by atoms with Crippen molar-refractivity contribution < 1.29 is 19.4 Å². The van der Waals surface area contributed by atoms with Gasteiger partial charge in [0.25, 0.3) is 0 Å². The third kappa shape index (κ3) is 15.8. The predicted molar refractivity (Wildman–Crippen MR) is 94.3 cm³/mol. The first-order valence-electron chi connectivity index (χ1n) is 9.70. The van der Waals surface area contributed by atoms with E-state index in [0.717, 1.165) is 12.8 Å². The lowest BCUT2D eigenvalue weighted by molar-refractivity contribution is -0.305. The van der Waals surface area contributed by atoms with E-state index >= 15 is 0 Å². The first-order chi connectivity index (χ1) is 11.6. The van der Waals surface area contributed by atoms with E-state index in [9.17, 15) is 14.7 Å². The maximum atomic E-state index is 11.5. The Labute approximate surface area is 147 Å². The van der Waals surface area contributed by atoms with Gasteiger partial charge in [-0.25, -0.2) is 0 Å². The number of hydrogen-bond donors (Lipinski definition) is 1. The van der Waals surface area contributed by atoms with Crippen LogP contribution in [0.5, 0.6) is 0 Å². The monoisotopic (exact) mass is 342 g/mol. The van der Waals surface area contributed by atoms with Gasteiger partial charge in [-0.3, -0.25) is 4.79 Å². The summed E-state index contributed by atoms with van der Waals surface area (Å²) >= 11 is 0. The maximum absolute atomic E-state index is 11.5. The molecule has 0 aromatic carbocycles. The van der Waals surface area contributed by atoms with Crippen molar-refractivity contribution in [3.05, 3.63) is 0 Å².